The number of nitrogens with one attached hydrogen (secondary N) is 2. The van der Waals surface area contributed by atoms with E-state index in [0.717, 1.165) is 22.5 Å². The van der Waals surface area contributed by atoms with E-state index in [9.17, 15) is 19.7 Å². The Labute approximate surface area is 223 Å². The lowest BCUT2D eigenvalue weighted by Gasteiger charge is -2.12. The van der Waals surface area contributed by atoms with Crippen LogP contribution in [0.15, 0.2) is 71.9 Å². The molecule has 0 atom stereocenters. The monoisotopic (exact) mass is 530 g/mol. The number of para-hydroxylation sites is 1. The summed E-state index contributed by atoms with van der Waals surface area (Å²) in [7, 11) is 0. The minimum Gasteiger partial charge on any atom is -0.345 e. The summed E-state index contributed by atoms with van der Waals surface area (Å²) in [5.74, 6) is -0.0962. The van der Waals surface area contributed by atoms with Crippen LogP contribution in [0, 0.1) is 30.9 Å². The molecule has 2 amide bonds. The predicted octanol–water partition coefficient (Wildman–Crippen LogP) is 4.76. The average molecular weight is 531 g/mol. The number of anilines is 1. The molecule has 38 heavy (non-hydrogen) atoms. The number of hydrogen-bond acceptors (Lipinski definition) is 7. The zero-order valence-electron chi connectivity index (χ0n) is 21.1. The van der Waals surface area contributed by atoms with Crippen molar-refractivity contribution in [3.63, 3.8) is 0 Å². The molecule has 10 nitrogen and oxygen atoms in total. The minimum atomic E-state index is -0.516. The van der Waals surface area contributed by atoms with E-state index in [0.29, 0.717) is 16.5 Å². The zero-order valence-corrected chi connectivity index (χ0v) is 21.9. The van der Waals surface area contributed by atoms with E-state index in [1.54, 1.807) is 11.5 Å². The van der Waals surface area contributed by atoms with Crippen molar-refractivity contribution in [1.29, 1.82) is 0 Å². The van der Waals surface area contributed by atoms with E-state index in [1.165, 1.54) is 30.0 Å². The van der Waals surface area contributed by atoms with Crippen LogP contribution in [0.25, 0.3) is 5.69 Å². The van der Waals surface area contributed by atoms with Crippen LogP contribution in [0.3, 0.4) is 0 Å². The molecule has 4 aromatic rings. The second-order valence-electron chi connectivity index (χ2n) is 8.67. The Hall–Kier alpha value is -4.51. The molecule has 3 aromatic carbocycles. The first-order valence-corrected chi connectivity index (χ1v) is 12.7. The first kappa shape index (κ1) is 26.6. The summed E-state index contributed by atoms with van der Waals surface area (Å²) in [5, 5.41) is 25.9. The second kappa shape index (κ2) is 11.7. The van der Waals surface area contributed by atoms with Gasteiger partial charge < -0.3 is 10.6 Å². The van der Waals surface area contributed by atoms with Crippen LogP contribution in [0.2, 0.25) is 0 Å². The lowest BCUT2D eigenvalue weighted by molar-refractivity contribution is -0.385. The lowest BCUT2D eigenvalue weighted by atomic mass is 10.1. The van der Waals surface area contributed by atoms with Crippen molar-refractivity contribution in [1.82, 2.24) is 20.1 Å². The number of thioether (sulfide) groups is 1. The van der Waals surface area contributed by atoms with Gasteiger partial charge in [-0.2, -0.15) is 0 Å². The van der Waals surface area contributed by atoms with E-state index < -0.39 is 10.8 Å². The third-order valence-electron chi connectivity index (χ3n) is 5.79. The zero-order chi connectivity index (χ0) is 27.2. The number of aryl methyl sites for hydroxylation is 3. The van der Waals surface area contributed by atoms with Crippen LogP contribution in [-0.2, 0) is 11.3 Å². The van der Waals surface area contributed by atoms with Gasteiger partial charge in [0.2, 0.25) is 5.91 Å². The summed E-state index contributed by atoms with van der Waals surface area (Å²) < 4.78 is 1.77. The van der Waals surface area contributed by atoms with E-state index >= 15 is 0 Å². The summed E-state index contributed by atoms with van der Waals surface area (Å²) in [6.07, 6.45) is 0. The van der Waals surface area contributed by atoms with Crippen molar-refractivity contribution < 1.29 is 14.5 Å². The Morgan fingerprint density at radius 1 is 0.974 bits per heavy atom. The smallest absolute Gasteiger partial charge is 0.273 e. The highest BCUT2D eigenvalue weighted by molar-refractivity contribution is 7.99. The predicted molar refractivity (Wildman–Crippen MR) is 146 cm³/mol. The number of carbonyl (C=O) groups is 2. The van der Waals surface area contributed by atoms with E-state index in [-0.39, 0.29) is 29.5 Å². The molecule has 0 saturated heterocycles. The van der Waals surface area contributed by atoms with Crippen LogP contribution >= 0.6 is 11.8 Å². The van der Waals surface area contributed by atoms with Crippen LogP contribution in [0.5, 0.6) is 0 Å². The Morgan fingerprint density at radius 3 is 2.45 bits per heavy atom. The second-order valence-corrected chi connectivity index (χ2v) is 9.61. The van der Waals surface area contributed by atoms with Crippen molar-refractivity contribution in [2.75, 3.05) is 11.1 Å². The first-order chi connectivity index (χ1) is 18.2. The lowest BCUT2D eigenvalue weighted by Crippen LogP contribution is -2.25. The van der Waals surface area contributed by atoms with Crippen molar-refractivity contribution in [2.24, 2.45) is 0 Å². The van der Waals surface area contributed by atoms with Gasteiger partial charge in [0.15, 0.2) is 11.0 Å². The first-order valence-electron chi connectivity index (χ1n) is 11.8. The fraction of sp³-hybridized carbons (Fsp3) is 0.185. The van der Waals surface area contributed by atoms with Gasteiger partial charge in [0.1, 0.15) is 0 Å². The SMILES string of the molecule is Cc1ccc(C)c(NC(=O)CSc2nnc(CNC(=O)c3ccc(C)c([N+](=O)[O-])c3)n2-c2ccccc2)c1. The number of rotatable bonds is 9. The molecule has 11 heteroatoms. The van der Waals surface area contributed by atoms with Crippen molar-refractivity contribution in [3.8, 4) is 5.69 Å². The summed E-state index contributed by atoms with van der Waals surface area (Å²) >= 11 is 1.23. The van der Waals surface area contributed by atoms with Gasteiger partial charge in [-0.25, -0.2) is 0 Å². The summed E-state index contributed by atoms with van der Waals surface area (Å²) in [6.45, 7) is 5.54. The molecule has 0 saturated carbocycles. The third kappa shape index (κ3) is 6.24. The molecule has 194 valence electrons. The Balaban J connectivity index is 1.50. The van der Waals surface area contributed by atoms with Gasteiger partial charge in [-0.05, 0) is 56.2 Å². The topological polar surface area (TPSA) is 132 Å². The van der Waals surface area contributed by atoms with Crippen molar-refractivity contribution in [2.45, 2.75) is 32.5 Å². The summed E-state index contributed by atoms with van der Waals surface area (Å²) in [4.78, 5) is 36.2. The Bertz CT molecular complexity index is 1500. The van der Waals surface area contributed by atoms with Crippen molar-refractivity contribution >= 4 is 35.0 Å². The molecular formula is C27H26N6O4S. The Morgan fingerprint density at radius 2 is 1.71 bits per heavy atom. The van der Waals surface area contributed by atoms with Crippen LogP contribution in [-0.4, -0.2) is 37.3 Å². The highest BCUT2D eigenvalue weighted by atomic mass is 32.2. The molecule has 0 radical (unpaired) electrons. The number of nitro groups is 1. The number of aromatic nitrogens is 3. The van der Waals surface area contributed by atoms with Gasteiger partial charge >= 0.3 is 0 Å². The molecule has 0 aliphatic carbocycles. The van der Waals surface area contributed by atoms with Gasteiger partial charge in [-0.15, -0.1) is 10.2 Å². The molecule has 0 bridgehead atoms. The van der Waals surface area contributed by atoms with E-state index in [1.807, 2.05) is 62.4 Å². The largest absolute Gasteiger partial charge is 0.345 e. The average Bonchev–Trinajstić information content (AvgIpc) is 3.31. The molecule has 0 aliphatic rings. The fourth-order valence-electron chi connectivity index (χ4n) is 3.74. The fourth-order valence-corrected chi connectivity index (χ4v) is 4.51. The molecule has 2 N–H and O–H groups in total. The van der Waals surface area contributed by atoms with Crippen LogP contribution in [0.4, 0.5) is 11.4 Å². The maximum absolute atomic E-state index is 12.7. The van der Waals surface area contributed by atoms with Gasteiger partial charge in [0, 0.05) is 28.6 Å². The standard InChI is InChI=1S/C27H26N6O4S/c1-17-9-10-18(2)22(13-17)29-25(34)16-38-27-31-30-24(32(27)21-7-5-4-6-8-21)15-28-26(35)20-12-11-19(3)23(14-20)33(36)37/h4-14H,15-16H2,1-3H3,(H,28,35)(H,29,34). The highest BCUT2D eigenvalue weighted by Crippen LogP contribution is 2.24. The van der Waals surface area contributed by atoms with E-state index in [2.05, 4.69) is 20.8 Å². The van der Waals surface area contributed by atoms with Gasteiger partial charge in [0.25, 0.3) is 11.6 Å². The third-order valence-corrected chi connectivity index (χ3v) is 6.72. The maximum Gasteiger partial charge on any atom is 0.273 e. The normalized spacial score (nSPS) is 10.7. The van der Waals surface area contributed by atoms with Gasteiger partial charge in [0.05, 0.1) is 17.2 Å². The number of nitrogens with zero attached hydrogens (tertiary/aromatic N) is 4. The molecule has 4 rings (SSSR count). The quantitative estimate of drug-likeness (QED) is 0.181. The number of carbonyl (C=O) groups excluding carboxylic acids is 2. The molecular weight excluding hydrogens is 504 g/mol. The summed E-state index contributed by atoms with van der Waals surface area (Å²) in [6, 6.07) is 19.6. The number of hydrogen-bond donors (Lipinski definition) is 2. The maximum atomic E-state index is 12.7. The summed E-state index contributed by atoms with van der Waals surface area (Å²) in [5.41, 5.74) is 4.07. The van der Waals surface area contributed by atoms with Gasteiger partial charge in [-0.3, -0.25) is 24.3 Å². The molecule has 0 aliphatic heterocycles. The van der Waals surface area contributed by atoms with Gasteiger partial charge in [-0.1, -0.05) is 48.2 Å². The van der Waals surface area contributed by atoms with Crippen LogP contribution in [0.1, 0.15) is 32.9 Å². The molecule has 0 fully saturated rings. The number of nitro benzene ring substituents is 1. The molecule has 1 heterocycles. The molecule has 1 aromatic heterocycles. The van der Waals surface area contributed by atoms with E-state index in [4.69, 9.17) is 0 Å². The van der Waals surface area contributed by atoms with Crippen LogP contribution < -0.4 is 10.6 Å². The number of benzene rings is 3. The Kier molecular flexibility index (Phi) is 8.17. The molecule has 0 unspecified atom stereocenters. The molecule has 0 spiro atoms. The highest BCUT2D eigenvalue weighted by Gasteiger charge is 2.19. The van der Waals surface area contributed by atoms with Crippen molar-refractivity contribution in [3.05, 3.63) is 105 Å². The minimum absolute atomic E-state index is 0.0254. The number of amides is 2.